The summed E-state index contributed by atoms with van der Waals surface area (Å²) < 4.78 is 0. The van der Waals surface area contributed by atoms with Crippen LogP contribution in [0.25, 0.3) is 0 Å². The molecule has 0 saturated carbocycles. The van der Waals surface area contributed by atoms with Crippen molar-refractivity contribution in [3.63, 3.8) is 0 Å². The quantitative estimate of drug-likeness (QED) is 0.590. The van der Waals surface area contributed by atoms with Crippen LogP contribution in [-0.2, 0) is 0 Å². The van der Waals surface area contributed by atoms with E-state index in [1.54, 1.807) is 6.07 Å². The molecule has 1 unspecified atom stereocenters. The van der Waals surface area contributed by atoms with E-state index >= 15 is 0 Å². The normalized spacial score (nSPS) is 12.1. The highest BCUT2D eigenvalue weighted by atomic mass is 16.6. The minimum atomic E-state index is -0.433. The number of anilines is 1. The lowest BCUT2D eigenvalue weighted by Crippen LogP contribution is -2.14. The van der Waals surface area contributed by atoms with E-state index in [4.69, 9.17) is 0 Å². The Hall–Kier alpha value is -1.65. The number of aromatic nitrogens is 1. The standard InChI is InChI=1S/C9H13N3O2/c1-3-7(2)11-8-4-5-10-6-9(8)12(13)14/h4-7H,3H2,1-2H3,(H,10,11). The third kappa shape index (κ3) is 2.42. The molecule has 1 N–H and O–H groups in total. The number of hydrogen-bond donors (Lipinski definition) is 1. The summed E-state index contributed by atoms with van der Waals surface area (Å²) in [5.74, 6) is 0. The van der Waals surface area contributed by atoms with Gasteiger partial charge in [-0.1, -0.05) is 6.92 Å². The molecule has 0 aliphatic rings. The molecule has 1 aromatic rings. The van der Waals surface area contributed by atoms with Crippen molar-refractivity contribution in [3.05, 3.63) is 28.6 Å². The Morgan fingerprint density at radius 3 is 3.00 bits per heavy atom. The first kappa shape index (κ1) is 10.4. The highest BCUT2D eigenvalue weighted by Crippen LogP contribution is 2.22. The Kier molecular flexibility index (Phi) is 3.39. The van der Waals surface area contributed by atoms with Crippen LogP contribution < -0.4 is 5.32 Å². The van der Waals surface area contributed by atoms with Crippen LogP contribution in [0.2, 0.25) is 0 Å². The second kappa shape index (κ2) is 4.55. The molecule has 0 radical (unpaired) electrons. The SMILES string of the molecule is CCC(C)Nc1ccncc1[N+](=O)[O-]. The molecule has 0 amide bonds. The van der Waals surface area contributed by atoms with Crippen molar-refractivity contribution in [2.24, 2.45) is 0 Å². The Balaban J connectivity index is 2.90. The lowest BCUT2D eigenvalue weighted by Gasteiger charge is -2.12. The van der Waals surface area contributed by atoms with E-state index in [0.29, 0.717) is 5.69 Å². The average Bonchev–Trinajstić information content (AvgIpc) is 2.18. The molecule has 1 atom stereocenters. The summed E-state index contributed by atoms with van der Waals surface area (Å²) in [6.07, 6.45) is 3.71. The highest BCUT2D eigenvalue weighted by Gasteiger charge is 2.13. The molecule has 5 nitrogen and oxygen atoms in total. The second-order valence-corrected chi connectivity index (χ2v) is 3.10. The van der Waals surface area contributed by atoms with Gasteiger partial charge in [-0.05, 0) is 19.4 Å². The van der Waals surface area contributed by atoms with Gasteiger partial charge in [-0.2, -0.15) is 0 Å². The van der Waals surface area contributed by atoms with Gasteiger partial charge in [0.25, 0.3) is 0 Å². The minimum absolute atomic E-state index is 0.0211. The molecule has 1 aromatic heterocycles. The van der Waals surface area contributed by atoms with Crippen molar-refractivity contribution < 1.29 is 4.92 Å². The minimum Gasteiger partial charge on any atom is -0.377 e. The van der Waals surface area contributed by atoms with Crippen molar-refractivity contribution in [1.82, 2.24) is 4.98 Å². The summed E-state index contributed by atoms with van der Waals surface area (Å²) in [6, 6.07) is 1.83. The van der Waals surface area contributed by atoms with E-state index in [1.807, 2.05) is 13.8 Å². The van der Waals surface area contributed by atoms with Crippen LogP contribution in [0.3, 0.4) is 0 Å². The first-order valence-corrected chi connectivity index (χ1v) is 4.50. The maximum atomic E-state index is 10.6. The summed E-state index contributed by atoms with van der Waals surface area (Å²) in [7, 11) is 0. The second-order valence-electron chi connectivity index (χ2n) is 3.10. The summed E-state index contributed by atoms with van der Waals surface area (Å²) in [6.45, 7) is 3.99. The van der Waals surface area contributed by atoms with Crippen LogP contribution in [0, 0.1) is 10.1 Å². The summed E-state index contributed by atoms with van der Waals surface area (Å²) in [5, 5.41) is 13.7. The van der Waals surface area contributed by atoms with Crippen LogP contribution >= 0.6 is 0 Å². The predicted molar refractivity (Wildman–Crippen MR) is 54.3 cm³/mol. The van der Waals surface area contributed by atoms with Crippen molar-refractivity contribution in [2.75, 3.05) is 5.32 Å². The fourth-order valence-corrected chi connectivity index (χ4v) is 1.02. The molecule has 14 heavy (non-hydrogen) atoms. The number of rotatable bonds is 4. The van der Waals surface area contributed by atoms with Gasteiger partial charge >= 0.3 is 5.69 Å². The first-order chi connectivity index (χ1) is 6.65. The van der Waals surface area contributed by atoms with Crippen LogP contribution in [0.4, 0.5) is 11.4 Å². The van der Waals surface area contributed by atoms with Crippen molar-refractivity contribution >= 4 is 11.4 Å². The van der Waals surface area contributed by atoms with Gasteiger partial charge in [0.1, 0.15) is 11.9 Å². The Morgan fingerprint density at radius 2 is 2.43 bits per heavy atom. The molecular weight excluding hydrogens is 182 g/mol. The number of nitro groups is 1. The van der Waals surface area contributed by atoms with Gasteiger partial charge in [-0.15, -0.1) is 0 Å². The van der Waals surface area contributed by atoms with E-state index < -0.39 is 4.92 Å². The van der Waals surface area contributed by atoms with Gasteiger partial charge in [0.2, 0.25) is 0 Å². The molecule has 0 bridgehead atoms. The third-order valence-electron chi connectivity index (χ3n) is 2.01. The van der Waals surface area contributed by atoms with E-state index in [0.717, 1.165) is 6.42 Å². The van der Waals surface area contributed by atoms with Crippen LogP contribution in [0.1, 0.15) is 20.3 Å². The highest BCUT2D eigenvalue weighted by molar-refractivity contribution is 5.59. The molecule has 5 heteroatoms. The molecule has 1 heterocycles. The van der Waals surface area contributed by atoms with Crippen LogP contribution in [-0.4, -0.2) is 15.9 Å². The molecule has 0 aliphatic heterocycles. The van der Waals surface area contributed by atoms with Gasteiger partial charge in [-0.3, -0.25) is 15.1 Å². The molecule has 0 aliphatic carbocycles. The zero-order valence-electron chi connectivity index (χ0n) is 8.23. The average molecular weight is 195 g/mol. The predicted octanol–water partition coefficient (Wildman–Crippen LogP) is 2.20. The molecule has 0 spiro atoms. The van der Waals surface area contributed by atoms with Gasteiger partial charge in [0.05, 0.1) is 4.92 Å². The molecule has 1 rings (SSSR count). The molecule has 0 aromatic carbocycles. The van der Waals surface area contributed by atoms with E-state index in [2.05, 4.69) is 10.3 Å². The summed E-state index contributed by atoms with van der Waals surface area (Å²) in [4.78, 5) is 13.9. The van der Waals surface area contributed by atoms with Gasteiger partial charge in [0.15, 0.2) is 0 Å². The molecule has 0 saturated heterocycles. The summed E-state index contributed by atoms with van der Waals surface area (Å²) >= 11 is 0. The monoisotopic (exact) mass is 195 g/mol. The van der Waals surface area contributed by atoms with Crippen molar-refractivity contribution in [1.29, 1.82) is 0 Å². The van der Waals surface area contributed by atoms with Crippen molar-refractivity contribution in [2.45, 2.75) is 26.3 Å². The number of nitrogens with zero attached hydrogens (tertiary/aromatic N) is 2. The molecule has 0 fully saturated rings. The van der Waals surface area contributed by atoms with E-state index in [9.17, 15) is 10.1 Å². The zero-order valence-corrected chi connectivity index (χ0v) is 8.23. The maximum absolute atomic E-state index is 10.6. The molecular formula is C9H13N3O2. The van der Waals surface area contributed by atoms with Gasteiger partial charge in [-0.25, -0.2) is 0 Å². The van der Waals surface area contributed by atoms with Gasteiger partial charge < -0.3 is 5.32 Å². The van der Waals surface area contributed by atoms with E-state index in [1.165, 1.54) is 12.4 Å². The fourth-order valence-electron chi connectivity index (χ4n) is 1.02. The summed E-state index contributed by atoms with van der Waals surface area (Å²) in [5.41, 5.74) is 0.548. The zero-order chi connectivity index (χ0) is 10.6. The Labute approximate surface area is 82.3 Å². The van der Waals surface area contributed by atoms with E-state index in [-0.39, 0.29) is 11.7 Å². The van der Waals surface area contributed by atoms with Crippen LogP contribution in [0.5, 0.6) is 0 Å². The largest absolute Gasteiger partial charge is 0.377 e. The molecule has 76 valence electrons. The Bertz CT molecular complexity index is 328. The third-order valence-corrected chi connectivity index (χ3v) is 2.01. The number of hydrogen-bond acceptors (Lipinski definition) is 4. The number of pyridine rings is 1. The lowest BCUT2D eigenvalue weighted by atomic mass is 10.2. The van der Waals surface area contributed by atoms with Gasteiger partial charge in [0, 0.05) is 12.2 Å². The lowest BCUT2D eigenvalue weighted by molar-refractivity contribution is -0.384. The van der Waals surface area contributed by atoms with Crippen molar-refractivity contribution in [3.8, 4) is 0 Å². The smallest absolute Gasteiger partial charge is 0.310 e. The fraction of sp³-hybridized carbons (Fsp3) is 0.444. The Morgan fingerprint density at radius 1 is 1.71 bits per heavy atom. The maximum Gasteiger partial charge on any atom is 0.310 e. The topological polar surface area (TPSA) is 68.1 Å². The number of nitrogens with one attached hydrogen (secondary N) is 1. The van der Waals surface area contributed by atoms with Crippen LogP contribution in [0.15, 0.2) is 18.5 Å². The first-order valence-electron chi connectivity index (χ1n) is 4.50.